The fourth-order valence-corrected chi connectivity index (χ4v) is 1.96. The van der Waals surface area contributed by atoms with Crippen LogP contribution in [0.3, 0.4) is 0 Å². The molecule has 1 aromatic rings. The van der Waals surface area contributed by atoms with E-state index < -0.39 is 10.0 Å². The fraction of sp³-hybridized carbons (Fsp3) is 0.167. The Bertz CT molecular complexity index is 507. The van der Waals surface area contributed by atoms with Gasteiger partial charge in [-0.15, -0.1) is 0 Å². The number of hydrogen-bond acceptors (Lipinski definition) is 3. The molecule has 98 valence electrons. The molecule has 0 bridgehead atoms. The second-order valence-electron chi connectivity index (χ2n) is 3.56. The molecule has 1 heterocycles. The first-order valence-electron chi connectivity index (χ1n) is 5.27. The van der Waals surface area contributed by atoms with Crippen LogP contribution in [-0.4, -0.2) is 8.42 Å². The van der Waals surface area contributed by atoms with Crippen molar-refractivity contribution in [2.45, 2.75) is 18.2 Å². The van der Waals surface area contributed by atoms with Crippen molar-refractivity contribution in [2.75, 3.05) is 0 Å². The summed E-state index contributed by atoms with van der Waals surface area (Å²) in [4.78, 5) is 0.114. The van der Waals surface area contributed by atoms with Gasteiger partial charge in [-0.05, 0) is 37.9 Å². The zero-order chi connectivity index (χ0) is 13.4. The van der Waals surface area contributed by atoms with Crippen LogP contribution >= 0.6 is 11.8 Å². The van der Waals surface area contributed by atoms with Gasteiger partial charge in [0.05, 0.1) is 0 Å². The summed E-state index contributed by atoms with van der Waals surface area (Å²) in [6.07, 6.45) is 9.08. The van der Waals surface area contributed by atoms with Crippen molar-refractivity contribution in [1.29, 1.82) is 0 Å². The minimum atomic E-state index is -3.62. The second-order valence-corrected chi connectivity index (χ2v) is 5.54. The Morgan fingerprint density at radius 1 is 1.16 bits per heavy atom. The van der Waals surface area contributed by atoms with Crippen LogP contribution in [0.2, 0.25) is 0 Å². The molecule has 0 amide bonds. The summed E-state index contributed by atoms with van der Waals surface area (Å²) in [5.41, 5.74) is 0.989. The van der Waals surface area contributed by atoms with Gasteiger partial charge in [0, 0.05) is 4.90 Å². The smallest absolute Gasteiger partial charge is 0.458 e. The zero-order valence-electron chi connectivity index (χ0n) is 10.9. The summed E-state index contributed by atoms with van der Waals surface area (Å²) in [6.45, 7) is 1.87. The Hall–Kier alpha value is -0.300. The van der Waals surface area contributed by atoms with Crippen LogP contribution < -0.4 is 34.9 Å². The van der Waals surface area contributed by atoms with Crippen molar-refractivity contribution in [3.8, 4) is 0 Å². The molecule has 0 fully saturated rings. The number of hydrogen-bond donors (Lipinski definition) is 1. The fourth-order valence-electron chi connectivity index (χ4n) is 1.16. The number of dihydropyridines is 1. The maximum atomic E-state index is 11.0. The van der Waals surface area contributed by atoms with E-state index in [-0.39, 0.29) is 34.5 Å². The van der Waals surface area contributed by atoms with E-state index in [4.69, 9.17) is 11.8 Å². The molecule has 0 spiro atoms. The first-order chi connectivity index (χ1) is 8.56. The van der Waals surface area contributed by atoms with E-state index in [2.05, 4.69) is 21.7 Å². The van der Waals surface area contributed by atoms with Gasteiger partial charge in [0.1, 0.15) is 10.0 Å². The topological polar surface area (TPSA) is 60.3 Å². The average molecular weight is 309 g/mol. The van der Waals surface area contributed by atoms with E-state index in [0.29, 0.717) is 0 Å². The molecule has 0 atom stereocenters. The van der Waals surface area contributed by atoms with Gasteiger partial charge in [-0.1, -0.05) is 29.8 Å². The summed E-state index contributed by atoms with van der Waals surface area (Å²) < 4.78 is 24.8. The van der Waals surface area contributed by atoms with E-state index >= 15 is 0 Å². The summed E-state index contributed by atoms with van der Waals surface area (Å²) >= 11 is 4.90. The maximum Gasteiger partial charge on any atom is 1.00 e. The largest absolute Gasteiger partial charge is 1.00 e. The number of halogens is 1. The average Bonchev–Trinajstić information content (AvgIpc) is 2.42. The van der Waals surface area contributed by atoms with Gasteiger partial charge in [0.2, 0.25) is 0 Å². The molecule has 1 aliphatic heterocycles. The Balaban J connectivity index is 0.000000392. The van der Waals surface area contributed by atoms with Gasteiger partial charge in [-0.3, -0.25) is 11.8 Å². The monoisotopic (exact) mass is 308 g/mol. The van der Waals surface area contributed by atoms with Crippen molar-refractivity contribution < 1.29 is 38.0 Å². The number of nitrogens with one attached hydrogen (secondary N) is 1. The third kappa shape index (κ3) is 7.15. The van der Waals surface area contributed by atoms with Crippen molar-refractivity contribution in [3.63, 3.8) is 0 Å². The number of nitrogens with zero attached hydrogens (tertiary/aromatic N) is 1. The molecule has 0 radical (unpaired) electrons. The van der Waals surface area contributed by atoms with E-state index in [0.717, 1.165) is 12.0 Å². The Labute approximate surface area is 141 Å². The van der Waals surface area contributed by atoms with E-state index in [9.17, 15) is 8.42 Å². The van der Waals surface area contributed by atoms with Gasteiger partial charge < -0.3 is 9.56 Å². The van der Waals surface area contributed by atoms with Crippen LogP contribution in [0, 0.1) is 6.92 Å². The summed E-state index contributed by atoms with van der Waals surface area (Å²) in [6, 6.07) is 6.32. The minimum Gasteiger partial charge on any atom is -0.458 e. The van der Waals surface area contributed by atoms with Crippen LogP contribution in [0.4, 0.5) is 0 Å². The Morgan fingerprint density at radius 3 is 2.00 bits per heavy atom. The van der Waals surface area contributed by atoms with E-state index in [1.807, 2.05) is 19.3 Å². The molecule has 0 aromatic heterocycles. The normalized spacial score (nSPS) is 12.7. The van der Waals surface area contributed by atoms with Crippen molar-refractivity contribution in [2.24, 2.45) is 0 Å². The standard InChI is InChI=1S/C7H7ClNO2S.C5H7N.Na/c1-6-2-4-7(5-3-6)12(10,11)9-8;1-2-4-6-5-3-1;/h2-5H,1H3;2-6H,1H2;/q-1;;+1. The van der Waals surface area contributed by atoms with Crippen molar-refractivity contribution in [1.82, 2.24) is 5.32 Å². The molecule has 2 rings (SSSR count). The maximum absolute atomic E-state index is 11.0. The summed E-state index contributed by atoms with van der Waals surface area (Å²) in [5, 5.41) is 2.92. The van der Waals surface area contributed by atoms with E-state index in [1.165, 1.54) is 12.1 Å². The van der Waals surface area contributed by atoms with Gasteiger partial charge in [0.15, 0.2) is 0 Å². The molecule has 1 N–H and O–H groups in total. The SMILES string of the molecule is C1=CNC=CC1.Cc1ccc(S(=O)(=O)[N-]Cl)cc1.[Na+]. The van der Waals surface area contributed by atoms with Gasteiger partial charge >= 0.3 is 29.6 Å². The number of aryl methyl sites for hydroxylation is 1. The Morgan fingerprint density at radius 2 is 1.68 bits per heavy atom. The van der Waals surface area contributed by atoms with Crippen LogP contribution in [0.25, 0.3) is 4.24 Å². The Kier molecular flexibility index (Phi) is 9.43. The molecule has 1 aromatic carbocycles. The van der Waals surface area contributed by atoms with Crippen molar-refractivity contribution in [3.05, 3.63) is 58.6 Å². The predicted molar refractivity (Wildman–Crippen MR) is 73.6 cm³/mol. The molecule has 0 aliphatic carbocycles. The number of sulfonamides is 1. The van der Waals surface area contributed by atoms with Crippen LogP contribution in [0.1, 0.15) is 12.0 Å². The molecule has 7 heteroatoms. The summed E-state index contributed by atoms with van der Waals surface area (Å²) in [7, 11) is -3.62. The van der Waals surface area contributed by atoms with Crippen molar-refractivity contribution >= 4 is 21.8 Å². The van der Waals surface area contributed by atoms with Gasteiger partial charge in [-0.25, -0.2) is 8.42 Å². The van der Waals surface area contributed by atoms with Crippen LogP contribution in [0.5, 0.6) is 0 Å². The van der Waals surface area contributed by atoms with Crippen LogP contribution in [0.15, 0.2) is 53.7 Å². The van der Waals surface area contributed by atoms with Gasteiger partial charge in [-0.2, -0.15) is 0 Å². The number of rotatable bonds is 2. The number of allylic oxidation sites excluding steroid dienone is 2. The molecule has 19 heavy (non-hydrogen) atoms. The predicted octanol–water partition coefficient (Wildman–Crippen LogP) is 0.222. The molecular weight excluding hydrogens is 295 g/mol. The molecule has 0 saturated carbocycles. The second kappa shape index (κ2) is 9.58. The zero-order valence-corrected chi connectivity index (χ0v) is 14.4. The number of benzene rings is 1. The third-order valence-electron chi connectivity index (χ3n) is 2.11. The van der Waals surface area contributed by atoms with E-state index in [1.54, 1.807) is 12.1 Å². The quantitative estimate of drug-likeness (QED) is 0.795. The minimum absolute atomic E-state index is 0. The first-order valence-corrected chi connectivity index (χ1v) is 7.05. The van der Waals surface area contributed by atoms with Crippen LogP contribution in [-0.2, 0) is 10.0 Å². The third-order valence-corrected chi connectivity index (χ3v) is 3.70. The molecule has 0 unspecified atom stereocenters. The molecule has 1 aliphatic rings. The van der Waals surface area contributed by atoms with Gasteiger partial charge in [0.25, 0.3) is 0 Å². The molecular formula is C12H14ClN2NaO2S. The molecule has 4 nitrogen and oxygen atoms in total. The molecule has 0 saturated heterocycles. The summed E-state index contributed by atoms with van der Waals surface area (Å²) in [5.74, 6) is 0. The first kappa shape index (κ1) is 18.7.